The van der Waals surface area contributed by atoms with Crippen molar-refractivity contribution in [2.24, 2.45) is 11.8 Å². The number of fused-ring (bicyclic) bond motifs is 2. The van der Waals surface area contributed by atoms with E-state index >= 15 is 0 Å². The third-order valence-corrected chi connectivity index (χ3v) is 8.23. The number of hydrogen-bond acceptors (Lipinski definition) is 6. The highest BCUT2D eigenvalue weighted by Gasteiger charge is 2.53. The SMILES string of the molecule is COc1cc(F)c(OC2CCC(C(=O)O)CC2)cc1C(=O)NC1C2CCC(O2)C1C(=O)Nc1ccc(F)c(C(F)(F)F)c1. The van der Waals surface area contributed by atoms with Crippen LogP contribution in [0.15, 0.2) is 30.3 Å². The average molecular weight is 613 g/mol. The first-order valence-corrected chi connectivity index (χ1v) is 13.8. The number of anilines is 1. The molecule has 2 bridgehead atoms. The predicted molar refractivity (Wildman–Crippen MR) is 140 cm³/mol. The van der Waals surface area contributed by atoms with Gasteiger partial charge in [0, 0.05) is 11.8 Å². The molecular weight excluding hydrogens is 583 g/mol. The van der Waals surface area contributed by atoms with Gasteiger partial charge in [0.15, 0.2) is 11.6 Å². The molecule has 3 N–H and O–H groups in total. The molecule has 2 aromatic rings. The maximum Gasteiger partial charge on any atom is 0.419 e. The molecule has 2 amide bonds. The van der Waals surface area contributed by atoms with Crippen LogP contribution in [0.25, 0.3) is 0 Å². The zero-order valence-corrected chi connectivity index (χ0v) is 22.9. The molecule has 3 fully saturated rings. The normalized spacial score (nSPS) is 26.6. The predicted octanol–water partition coefficient (Wildman–Crippen LogP) is 4.93. The van der Waals surface area contributed by atoms with Gasteiger partial charge in [-0.25, -0.2) is 8.78 Å². The number of amides is 2. The molecule has 0 radical (unpaired) electrons. The highest BCUT2D eigenvalue weighted by Crippen LogP contribution is 2.41. The van der Waals surface area contributed by atoms with Crippen molar-refractivity contribution in [2.45, 2.75) is 69.1 Å². The largest absolute Gasteiger partial charge is 0.496 e. The molecule has 5 rings (SSSR count). The molecular formula is C29H29F5N2O7. The average Bonchev–Trinajstić information content (AvgIpc) is 3.56. The first-order valence-electron chi connectivity index (χ1n) is 13.8. The molecule has 14 heteroatoms. The van der Waals surface area contributed by atoms with Gasteiger partial charge in [0.2, 0.25) is 5.91 Å². The van der Waals surface area contributed by atoms with E-state index in [2.05, 4.69) is 10.6 Å². The summed E-state index contributed by atoms with van der Waals surface area (Å²) in [6.45, 7) is 0. The van der Waals surface area contributed by atoms with E-state index in [-0.39, 0.29) is 22.7 Å². The molecule has 4 atom stereocenters. The third kappa shape index (κ3) is 6.38. The minimum absolute atomic E-state index is 0.0894. The highest BCUT2D eigenvalue weighted by atomic mass is 19.4. The monoisotopic (exact) mass is 612 g/mol. The van der Waals surface area contributed by atoms with Crippen LogP contribution in [-0.2, 0) is 20.5 Å². The fraction of sp³-hybridized carbons (Fsp3) is 0.483. The Bertz CT molecular complexity index is 1410. The van der Waals surface area contributed by atoms with E-state index in [4.69, 9.17) is 14.2 Å². The molecule has 0 spiro atoms. The van der Waals surface area contributed by atoms with Crippen LogP contribution in [0.2, 0.25) is 0 Å². The van der Waals surface area contributed by atoms with Crippen molar-refractivity contribution in [3.63, 3.8) is 0 Å². The smallest absolute Gasteiger partial charge is 0.419 e. The van der Waals surface area contributed by atoms with Crippen LogP contribution in [0.5, 0.6) is 11.5 Å². The molecule has 9 nitrogen and oxygen atoms in total. The van der Waals surface area contributed by atoms with Crippen molar-refractivity contribution in [1.82, 2.24) is 5.32 Å². The molecule has 1 aliphatic carbocycles. The Labute approximate surface area is 242 Å². The maximum atomic E-state index is 14.9. The van der Waals surface area contributed by atoms with Crippen LogP contribution in [0.3, 0.4) is 0 Å². The minimum atomic E-state index is -4.97. The maximum absolute atomic E-state index is 14.9. The number of methoxy groups -OCH3 is 1. The van der Waals surface area contributed by atoms with Gasteiger partial charge in [-0.2, -0.15) is 13.2 Å². The Kier molecular flexibility index (Phi) is 8.50. The summed E-state index contributed by atoms with van der Waals surface area (Å²) in [5.41, 5.74) is -1.89. The molecule has 2 aromatic carbocycles. The van der Waals surface area contributed by atoms with Crippen molar-refractivity contribution in [3.05, 3.63) is 53.1 Å². The lowest BCUT2D eigenvalue weighted by molar-refractivity contribution is -0.143. The second-order valence-electron chi connectivity index (χ2n) is 10.9. The third-order valence-electron chi connectivity index (χ3n) is 8.23. The molecule has 2 heterocycles. The molecule has 43 heavy (non-hydrogen) atoms. The van der Waals surface area contributed by atoms with Crippen LogP contribution in [-0.4, -0.2) is 54.4 Å². The molecule has 0 aromatic heterocycles. The fourth-order valence-electron chi connectivity index (χ4n) is 6.05. The van der Waals surface area contributed by atoms with Crippen molar-refractivity contribution in [3.8, 4) is 11.5 Å². The van der Waals surface area contributed by atoms with E-state index in [1.54, 1.807) is 0 Å². The Hall–Kier alpha value is -3.94. The van der Waals surface area contributed by atoms with Gasteiger partial charge in [-0.1, -0.05) is 0 Å². The second-order valence-corrected chi connectivity index (χ2v) is 10.9. The Balaban J connectivity index is 1.32. The molecule has 3 aliphatic rings. The molecule has 1 saturated carbocycles. The first kappa shape index (κ1) is 30.5. The standard InChI is InChI=1S/C29H29F5N2O7/c1-41-22-12-19(31)23(42-15-5-2-13(3-6-15)28(39)40)11-16(22)26(37)36-25-21-9-8-20(43-21)24(25)27(38)35-14-4-7-18(30)17(10-14)29(32,33)34/h4,7,10-13,15,20-21,24-25H,2-3,5-6,8-9H2,1H3,(H,35,38)(H,36,37)(H,39,40). The number of hydrogen-bond donors (Lipinski definition) is 3. The van der Waals surface area contributed by atoms with Crippen molar-refractivity contribution in [2.75, 3.05) is 12.4 Å². The summed E-state index contributed by atoms with van der Waals surface area (Å²) in [5, 5.41) is 14.3. The number of ether oxygens (including phenoxy) is 3. The van der Waals surface area contributed by atoms with E-state index in [1.165, 1.54) is 13.2 Å². The summed E-state index contributed by atoms with van der Waals surface area (Å²) in [6.07, 6.45) is -4.08. The van der Waals surface area contributed by atoms with Gasteiger partial charge in [-0.3, -0.25) is 14.4 Å². The molecule has 4 unspecified atom stereocenters. The van der Waals surface area contributed by atoms with Crippen LogP contribution in [0, 0.1) is 23.5 Å². The Morgan fingerprint density at radius 1 is 0.930 bits per heavy atom. The summed E-state index contributed by atoms with van der Waals surface area (Å²) in [4.78, 5) is 37.9. The van der Waals surface area contributed by atoms with Crippen LogP contribution < -0.4 is 20.1 Å². The number of aliphatic carboxylic acids is 1. The van der Waals surface area contributed by atoms with Gasteiger partial charge in [-0.15, -0.1) is 0 Å². The number of carbonyl (C=O) groups excluding carboxylic acids is 2. The number of alkyl halides is 3. The zero-order valence-electron chi connectivity index (χ0n) is 22.9. The summed E-state index contributed by atoms with van der Waals surface area (Å²) >= 11 is 0. The number of halogens is 5. The fourth-order valence-corrected chi connectivity index (χ4v) is 6.05. The number of rotatable bonds is 8. The lowest BCUT2D eigenvalue weighted by Gasteiger charge is -2.29. The van der Waals surface area contributed by atoms with E-state index in [9.17, 15) is 41.4 Å². The van der Waals surface area contributed by atoms with E-state index < -0.39 is 77.3 Å². The Morgan fingerprint density at radius 2 is 1.63 bits per heavy atom. The Morgan fingerprint density at radius 3 is 2.28 bits per heavy atom. The molecule has 2 saturated heterocycles. The summed E-state index contributed by atoms with van der Waals surface area (Å²) in [7, 11) is 1.24. The van der Waals surface area contributed by atoms with Gasteiger partial charge in [0.25, 0.3) is 5.91 Å². The summed E-state index contributed by atoms with van der Waals surface area (Å²) in [5.74, 6) is -6.41. The van der Waals surface area contributed by atoms with E-state index in [0.29, 0.717) is 50.7 Å². The van der Waals surface area contributed by atoms with Crippen molar-refractivity contribution >= 4 is 23.5 Å². The summed E-state index contributed by atoms with van der Waals surface area (Å²) < 4.78 is 84.9. The number of carbonyl (C=O) groups is 3. The minimum Gasteiger partial charge on any atom is -0.496 e. The quantitative estimate of drug-likeness (QED) is 0.362. The van der Waals surface area contributed by atoms with Gasteiger partial charge in [0.05, 0.1) is 54.4 Å². The molecule has 232 valence electrons. The number of carboxylic acid groups (broad SMARTS) is 1. The van der Waals surface area contributed by atoms with Gasteiger partial charge in [0.1, 0.15) is 11.6 Å². The topological polar surface area (TPSA) is 123 Å². The first-order chi connectivity index (χ1) is 20.3. The van der Waals surface area contributed by atoms with Gasteiger partial charge >= 0.3 is 12.1 Å². The van der Waals surface area contributed by atoms with Crippen LogP contribution >= 0.6 is 0 Å². The lowest BCUT2D eigenvalue weighted by atomic mass is 9.83. The van der Waals surface area contributed by atoms with E-state index in [1.807, 2.05) is 0 Å². The molecule has 2 aliphatic heterocycles. The van der Waals surface area contributed by atoms with Crippen LogP contribution in [0.4, 0.5) is 27.6 Å². The highest BCUT2D eigenvalue weighted by molar-refractivity contribution is 5.99. The van der Waals surface area contributed by atoms with Crippen molar-refractivity contribution in [1.29, 1.82) is 0 Å². The van der Waals surface area contributed by atoms with E-state index in [0.717, 1.165) is 12.1 Å². The second kappa shape index (κ2) is 12.0. The van der Waals surface area contributed by atoms with Gasteiger partial charge in [-0.05, 0) is 62.8 Å². The summed E-state index contributed by atoms with van der Waals surface area (Å²) in [6, 6.07) is 3.39. The number of benzene rings is 2. The number of nitrogens with one attached hydrogen (secondary N) is 2. The zero-order chi connectivity index (χ0) is 31.1. The van der Waals surface area contributed by atoms with Crippen molar-refractivity contribution < 1.29 is 55.7 Å². The van der Waals surface area contributed by atoms with Crippen LogP contribution in [0.1, 0.15) is 54.4 Å². The lowest BCUT2D eigenvalue weighted by Crippen LogP contribution is -2.51. The number of carboxylic acids is 1. The van der Waals surface area contributed by atoms with Gasteiger partial charge < -0.3 is 30.0 Å².